The van der Waals surface area contributed by atoms with Gasteiger partial charge in [-0.25, -0.2) is 0 Å². The molecule has 0 aliphatic carbocycles. The van der Waals surface area contributed by atoms with Crippen molar-refractivity contribution in [3.63, 3.8) is 0 Å². The molecule has 0 spiro atoms. The third-order valence-electron chi connectivity index (χ3n) is 1.93. The number of hydrogen-bond acceptors (Lipinski definition) is 4. The molecule has 0 aliphatic rings. The highest BCUT2D eigenvalue weighted by molar-refractivity contribution is 9.10. The normalized spacial score (nSPS) is 12.4. The lowest BCUT2D eigenvalue weighted by Gasteiger charge is -2.10. The summed E-state index contributed by atoms with van der Waals surface area (Å²) in [7, 11) is 0. The van der Waals surface area contributed by atoms with E-state index in [0.29, 0.717) is 19.7 Å². The lowest BCUT2D eigenvalue weighted by molar-refractivity contribution is 0.0936. The summed E-state index contributed by atoms with van der Waals surface area (Å²) in [6, 6.07) is 7.61. The van der Waals surface area contributed by atoms with Crippen molar-refractivity contribution in [2.45, 2.75) is 6.10 Å². The zero-order valence-corrected chi connectivity index (χ0v) is 10.5. The van der Waals surface area contributed by atoms with Gasteiger partial charge in [-0.2, -0.15) is 0 Å². The van der Waals surface area contributed by atoms with Gasteiger partial charge in [0.1, 0.15) is 12.4 Å². The standard InChI is InChI=1S/C11H16BrNO3/c12-9-2-1-3-11(6-9)16-5-4-13-7-10(15)8-14/h1-3,6,10,13-15H,4-5,7-8H2. The molecule has 90 valence electrons. The second-order valence-electron chi connectivity index (χ2n) is 3.35. The number of halogens is 1. The molecule has 0 heterocycles. The number of aliphatic hydroxyl groups is 2. The summed E-state index contributed by atoms with van der Waals surface area (Å²) in [5.41, 5.74) is 0. The van der Waals surface area contributed by atoms with Crippen LogP contribution in [-0.2, 0) is 0 Å². The molecule has 1 aromatic carbocycles. The Morgan fingerprint density at radius 2 is 2.25 bits per heavy atom. The highest BCUT2D eigenvalue weighted by Crippen LogP contribution is 2.17. The number of rotatable bonds is 7. The number of aliphatic hydroxyl groups excluding tert-OH is 2. The number of hydrogen-bond donors (Lipinski definition) is 3. The molecule has 0 radical (unpaired) electrons. The molecule has 3 N–H and O–H groups in total. The topological polar surface area (TPSA) is 61.7 Å². The summed E-state index contributed by atoms with van der Waals surface area (Å²) >= 11 is 3.36. The first kappa shape index (κ1) is 13.4. The largest absolute Gasteiger partial charge is 0.492 e. The molecule has 1 atom stereocenters. The molecule has 1 aromatic rings. The predicted octanol–water partition coefficient (Wildman–Crippen LogP) is 0.771. The zero-order valence-electron chi connectivity index (χ0n) is 8.90. The fraction of sp³-hybridized carbons (Fsp3) is 0.455. The minimum atomic E-state index is -0.703. The van der Waals surface area contributed by atoms with Crippen LogP contribution in [0, 0.1) is 0 Å². The Hall–Kier alpha value is -0.620. The van der Waals surface area contributed by atoms with Gasteiger partial charge < -0.3 is 20.3 Å². The second-order valence-corrected chi connectivity index (χ2v) is 4.26. The van der Waals surface area contributed by atoms with Crippen molar-refractivity contribution < 1.29 is 14.9 Å². The molecular formula is C11H16BrNO3. The Labute approximate surface area is 103 Å². The van der Waals surface area contributed by atoms with Gasteiger partial charge in [-0.1, -0.05) is 22.0 Å². The van der Waals surface area contributed by atoms with Crippen LogP contribution >= 0.6 is 15.9 Å². The van der Waals surface area contributed by atoms with E-state index in [4.69, 9.17) is 14.9 Å². The summed E-state index contributed by atoms with van der Waals surface area (Å²) in [4.78, 5) is 0. The van der Waals surface area contributed by atoms with Gasteiger partial charge in [0.15, 0.2) is 0 Å². The predicted molar refractivity (Wildman–Crippen MR) is 65.6 cm³/mol. The van der Waals surface area contributed by atoms with Gasteiger partial charge in [-0.05, 0) is 18.2 Å². The minimum absolute atomic E-state index is 0.223. The third kappa shape index (κ3) is 5.46. The molecule has 0 aliphatic heterocycles. The molecule has 1 rings (SSSR count). The maximum Gasteiger partial charge on any atom is 0.120 e. The van der Waals surface area contributed by atoms with E-state index in [-0.39, 0.29) is 6.61 Å². The van der Waals surface area contributed by atoms with Crippen molar-refractivity contribution in [1.29, 1.82) is 0 Å². The van der Waals surface area contributed by atoms with Gasteiger partial charge in [-0.3, -0.25) is 0 Å². The first-order valence-electron chi connectivity index (χ1n) is 5.10. The number of ether oxygens (including phenoxy) is 1. The molecule has 16 heavy (non-hydrogen) atoms. The summed E-state index contributed by atoms with van der Waals surface area (Å²) in [5, 5.41) is 20.6. The average molecular weight is 290 g/mol. The second kappa shape index (κ2) is 7.62. The monoisotopic (exact) mass is 289 g/mol. The molecule has 0 amide bonds. The van der Waals surface area contributed by atoms with E-state index < -0.39 is 6.10 Å². The maximum atomic E-state index is 9.05. The van der Waals surface area contributed by atoms with Crippen molar-refractivity contribution in [2.24, 2.45) is 0 Å². The molecule has 0 saturated heterocycles. The Bertz CT molecular complexity index is 309. The molecule has 0 saturated carbocycles. The summed E-state index contributed by atoms with van der Waals surface area (Å²) in [6.45, 7) is 1.30. The maximum absolute atomic E-state index is 9.05. The van der Waals surface area contributed by atoms with Gasteiger partial charge in [0.2, 0.25) is 0 Å². The Balaban J connectivity index is 2.12. The first-order chi connectivity index (χ1) is 7.72. The van der Waals surface area contributed by atoms with Crippen molar-refractivity contribution in [2.75, 3.05) is 26.3 Å². The molecule has 0 bridgehead atoms. The highest BCUT2D eigenvalue weighted by atomic mass is 79.9. The number of benzene rings is 1. The average Bonchev–Trinajstić information content (AvgIpc) is 2.28. The van der Waals surface area contributed by atoms with Crippen LogP contribution in [0.2, 0.25) is 0 Å². The fourth-order valence-electron chi connectivity index (χ4n) is 1.13. The molecule has 4 nitrogen and oxygen atoms in total. The van der Waals surface area contributed by atoms with E-state index in [1.165, 1.54) is 0 Å². The SMILES string of the molecule is OCC(O)CNCCOc1cccc(Br)c1. The van der Waals surface area contributed by atoms with E-state index in [1.54, 1.807) is 0 Å². The smallest absolute Gasteiger partial charge is 0.120 e. The van der Waals surface area contributed by atoms with Gasteiger partial charge in [0.05, 0.1) is 12.7 Å². The quantitative estimate of drug-likeness (QED) is 0.649. The van der Waals surface area contributed by atoms with Crippen LogP contribution in [0.15, 0.2) is 28.7 Å². The summed E-state index contributed by atoms with van der Waals surface area (Å²) in [6.07, 6.45) is -0.703. The lowest BCUT2D eigenvalue weighted by atomic mass is 10.3. The Morgan fingerprint density at radius 3 is 2.94 bits per heavy atom. The van der Waals surface area contributed by atoms with Crippen molar-refractivity contribution in [3.8, 4) is 5.75 Å². The van der Waals surface area contributed by atoms with Crippen LogP contribution in [0.4, 0.5) is 0 Å². The zero-order chi connectivity index (χ0) is 11.8. The Morgan fingerprint density at radius 1 is 1.44 bits per heavy atom. The molecule has 0 aromatic heterocycles. The fourth-order valence-corrected chi connectivity index (χ4v) is 1.51. The van der Waals surface area contributed by atoms with E-state index in [0.717, 1.165) is 10.2 Å². The summed E-state index contributed by atoms with van der Waals surface area (Å²) in [5.74, 6) is 0.805. The van der Waals surface area contributed by atoms with Crippen molar-refractivity contribution in [1.82, 2.24) is 5.32 Å². The first-order valence-corrected chi connectivity index (χ1v) is 5.89. The molecule has 5 heteroatoms. The Kier molecular flexibility index (Phi) is 6.40. The lowest BCUT2D eigenvalue weighted by Crippen LogP contribution is -2.32. The van der Waals surface area contributed by atoms with Crippen LogP contribution < -0.4 is 10.1 Å². The van der Waals surface area contributed by atoms with Crippen LogP contribution in [0.25, 0.3) is 0 Å². The van der Waals surface area contributed by atoms with Gasteiger partial charge >= 0.3 is 0 Å². The molecular weight excluding hydrogens is 274 g/mol. The molecule has 0 fully saturated rings. The van der Waals surface area contributed by atoms with E-state index in [1.807, 2.05) is 24.3 Å². The van der Waals surface area contributed by atoms with Crippen LogP contribution in [-0.4, -0.2) is 42.6 Å². The third-order valence-corrected chi connectivity index (χ3v) is 2.43. The van der Waals surface area contributed by atoms with Crippen molar-refractivity contribution >= 4 is 15.9 Å². The highest BCUT2D eigenvalue weighted by Gasteiger charge is 2.00. The summed E-state index contributed by atoms with van der Waals surface area (Å²) < 4.78 is 6.45. The van der Waals surface area contributed by atoms with Gasteiger partial charge in [0.25, 0.3) is 0 Å². The van der Waals surface area contributed by atoms with Crippen LogP contribution in [0.1, 0.15) is 0 Å². The van der Waals surface area contributed by atoms with E-state index in [9.17, 15) is 0 Å². The van der Waals surface area contributed by atoms with Crippen LogP contribution in [0.3, 0.4) is 0 Å². The van der Waals surface area contributed by atoms with E-state index in [2.05, 4.69) is 21.2 Å². The van der Waals surface area contributed by atoms with Crippen LogP contribution in [0.5, 0.6) is 5.75 Å². The van der Waals surface area contributed by atoms with E-state index >= 15 is 0 Å². The van der Waals surface area contributed by atoms with Gasteiger partial charge in [0, 0.05) is 17.6 Å². The van der Waals surface area contributed by atoms with Crippen molar-refractivity contribution in [3.05, 3.63) is 28.7 Å². The minimum Gasteiger partial charge on any atom is -0.492 e. The number of nitrogens with one attached hydrogen (secondary N) is 1. The van der Waals surface area contributed by atoms with Gasteiger partial charge in [-0.15, -0.1) is 0 Å². The molecule has 1 unspecified atom stereocenters.